The Morgan fingerprint density at radius 1 is 1.78 bits per heavy atom. The van der Waals surface area contributed by atoms with E-state index in [1.807, 2.05) is 22.9 Å². The molecule has 9 heavy (non-hydrogen) atoms. The van der Waals surface area contributed by atoms with E-state index in [1.54, 1.807) is 8.98 Å². The third-order valence-corrected chi connectivity index (χ3v) is 1.45. The SMILES string of the molecule is O=[N+]([O-])c1ccn(I)c1. The third-order valence-electron chi connectivity index (χ3n) is 0.854. The first-order valence-corrected chi connectivity index (χ1v) is 3.15. The van der Waals surface area contributed by atoms with E-state index >= 15 is 0 Å². The smallest absolute Gasteiger partial charge is 0.287 e. The molecule has 0 aromatic carbocycles. The fourth-order valence-electron chi connectivity index (χ4n) is 0.468. The predicted octanol–water partition coefficient (Wildman–Crippen LogP) is 1.59. The van der Waals surface area contributed by atoms with Gasteiger partial charge in [-0.1, -0.05) is 0 Å². The second-order valence-corrected chi connectivity index (χ2v) is 2.59. The van der Waals surface area contributed by atoms with Crippen LogP contribution in [0, 0.1) is 10.1 Å². The molecular weight excluding hydrogens is 235 g/mol. The molecule has 0 amide bonds. The molecule has 1 rings (SSSR count). The zero-order valence-electron chi connectivity index (χ0n) is 4.32. The van der Waals surface area contributed by atoms with Gasteiger partial charge in [0, 0.05) is 12.3 Å². The fourth-order valence-corrected chi connectivity index (χ4v) is 0.914. The second-order valence-electron chi connectivity index (χ2n) is 1.47. The molecule has 0 aliphatic heterocycles. The molecule has 48 valence electrons. The summed E-state index contributed by atoms with van der Waals surface area (Å²) in [6.07, 6.45) is 3.07. The van der Waals surface area contributed by atoms with Gasteiger partial charge >= 0.3 is 0 Å². The third kappa shape index (κ3) is 1.41. The Hall–Kier alpha value is -0.590. The van der Waals surface area contributed by atoms with Crippen LogP contribution in [-0.2, 0) is 0 Å². The van der Waals surface area contributed by atoms with Crippen molar-refractivity contribution in [2.24, 2.45) is 0 Å². The van der Waals surface area contributed by atoms with E-state index < -0.39 is 4.92 Å². The van der Waals surface area contributed by atoms with Crippen molar-refractivity contribution in [3.05, 3.63) is 28.6 Å². The second kappa shape index (κ2) is 2.34. The molecule has 4 nitrogen and oxygen atoms in total. The van der Waals surface area contributed by atoms with Crippen molar-refractivity contribution in [3.63, 3.8) is 0 Å². The summed E-state index contributed by atoms with van der Waals surface area (Å²) in [6, 6.07) is 1.45. The molecule has 1 heterocycles. The molecular formula is C4H3IN2O2. The van der Waals surface area contributed by atoms with E-state index in [0.717, 1.165) is 0 Å². The quantitative estimate of drug-likeness (QED) is 0.423. The van der Waals surface area contributed by atoms with E-state index in [9.17, 15) is 10.1 Å². The maximum absolute atomic E-state index is 10.0. The number of nitro groups is 1. The number of rotatable bonds is 1. The van der Waals surface area contributed by atoms with Crippen molar-refractivity contribution < 1.29 is 4.92 Å². The maximum atomic E-state index is 10.0. The molecule has 1 aromatic heterocycles. The Morgan fingerprint density at radius 3 is 2.67 bits per heavy atom. The van der Waals surface area contributed by atoms with Crippen LogP contribution in [0.5, 0.6) is 0 Å². The van der Waals surface area contributed by atoms with E-state index in [-0.39, 0.29) is 5.69 Å². The summed E-state index contributed by atoms with van der Waals surface area (Å²) in [5.41, 5.74) is 0.129. The van der Waals surface area contributed by atoms with Crippen molar-refractivity contribution in [2.45, 2.75) is 0 Å². The van der Waals surface area contributed by atoms with E-state index in [0.29, 0.717) is 0 Å². The van der Waals surface area contributed by atoms with E-state index in [2.05, 4.69) is 0 Å². The highest BCUT2D eigenvalue weighted by molar-refractivity contribution is 14.1. The Balaban J connectivity index is 2.98. The molecule has 0 spiro atoms. The average Bonchev–Trinajstić information content (AvgIpc) is 2.14. The first-order chi connectivity index (χ1) is 4.20. The molecule has 0 saturated heterocycles. The lowest BCUT2D eigenvalue weighted by atomic mass is 10.6. The van der Waals surface area contributed by atoms with Gasteiger partial charge in [-0.05, 0) is 0 Å². The topological polar surface area (TPSA) is 48.1 Å². The highest BCUT2D eigenvalue weighted by atomic mass is 127. The highest BCUT2D eigenvalue weighted by Gasteiger charge is 2.04. The fraction of sp³-hybridized carbons (Fsp3) is 0. The van der Waals surface area contributed by atoms with Gasteiger partial charge in [0.05, 0.1) is 34.0 Å². The number of halogens is 1. The largest absolute Gasteiger partial charge is 0.290 e. The van der Waals surface area contributed by atoms with Crippen molar-refractivity contribution in [2.75, 3.05) is 0 Å². The van der Waals surface area contributed by atoms with Crippen LogP contribution in [0.3, 0.4) is 0 Å². The number of hydrogen-bond donors (Lipinski definition) is 0. The molecule has 0 atom stereocenters. The van der Waals surface area contributed by atoms with Gasteiger partial charge in [-0.2, -0.15) is 0 Å². The molecule has 0 radical (unpaired) electrons. The Morgan fingerprint density at radius 2 is 2.44 bits per heavy atom. The summed E-state index contributed by atoms with van der Waals surface area (Å²) < 4.78 is 1.61. The van der Waals surface area contributed by atoms with Crippen LogP contribution in [0.1, 0.15) is 0 Å². The van der Waals surface area contributed by atoms with Gasteiger partial charge in [-0.15, -0.1) is 0 Å². The van der Waals surface area contributed by atoms with Crippen molar-refractivity contribution in [3.8, 4) is 0 Å². The lowest BCUT2D eigenvalue weighted by molar-refractivity contribution is -0.384. The summed E-state index contributed by atoms with van der Waals surface area (Å²) in [6.45, 7) is 0. The minimum Gasteiger partial charge on any atom is -0.290 e. The van der Waals surface area contributed by atoms with Gasteiger partial charge < -0.3 is 0 Å². The minimum absolute atomic E-state index is 0.129. The van der Waals surface area contributed by atoms with E-state index in [4.69, 9.17) is 0 Å². The van der Waals surface area contributed by atoms with Gasteiger partial charge in [0.15, 0.2) is 0 Å². The van der Waals surface area contributed by atoms with E-state index in [1.165, 1.54) is 12.3 Å². The van der Waals surface area contributed by atoms with Crippen LogP contribution in [0.4, 0.5) is 5.69 Å². The normalized spacial score (nSPS) is 9.44. The maximum Gasteiger partial charge on any atom is 0.287 e. The summed E-state index contributed by atoms with van der Waals surface area (Å²) >= 11 is 1.95. The Kier molecular flexibility index (Phi) is 1.70. The summed E-state index contributed by atoms with van der Waals surface area (Å²) in [7, 11) is 0. The average molecular weight is 238 g/mol. The Bertz CT molecular complexity index is 232. The van der Waals surface area contributed by atoms with Crippen LogP contribution >= 0.6 is 22.9 Å². The summed E-state index contributed by atoms with van der Waals surface area (Å²) in [5.74, 6) is 0. The molecule has 0 saturated carbocycles. The molecule has 5 heteroatoms. The van der Waals surface area contributed by atoms with Crippen LogP contribution in [0.25, 0.3) is 0 Å². The van der Waals surface area contributed by atoms with Crippen molar-refractivity contribution in [1.29, 1.82) is 0 Å². The van der Waals surface area contributed by atoms with Crippen molar-refractivity contribution >= 4 is 28.6 Å². The lowest BCUT2D eigenvalue weighted by Crippen LogP contribution is -1.82. The number of aromatic nitrogens is 1. The Labute approximate surface area is 65.1 Å². The zero-order valence-corrected chi connectivity index (χ0v) is 6.48. The molecule has 0 bridgehead atoms. The lowest BCUT2D eigenvalue weighted by Gasteiger charge is -1.79. The number of nitrogens with zero attached hydrogens (tertiary/aromatic N) is 2. The molecule has 0 aliphatic rings. The van der Waals surface area contributed by atoms with Crippen LogP contribution in [-0.4, -0.2) is 7.70 Å². The zero-order chi connectivity index (χ0) is 6.85. The monoisotopic (exact) mass is 238 g/mol. The summed E-state index contributed by atoms with van der Waals surface area (Å²) in [5, 5.41) is 10.0. The number of hydrogen-bond acceptors (Lipinski definition) is 2. The van der Waals surface area contributed by atoms with Gasteiger partial charge in [-0.3, -0.25) is 12.9 Å². The predicted molar refractivity (Wildman–Crippen MR) is 40.5 cm³/mol. The van der Waals surface area contributed by atoms with Gasteiger partial charge in [-0.25, -0.2) is 0 Å². The standard InChI is InChI=1S/C4H3IN2O2/c5-6-2-1-4(3-6)7(8)9/h1-3H. The van der Waals surface area contributed by atoms with Crippen LogP contribution < -0.4 is 0 Å². The van der Waals surface area contributed by atoms with Crippen LogP contribution in [0.2, 0.25) is 0 Å². The van der Waals surface area contributed by atoms with Crippen LogP contribution in [0.15, 0.2) is 18.5 Å². The van der Waals surface area contributed by atoms with Gasteiger partial charge in [0.1, 0.15) is 0 Å². The molecule has 0 N–H and O–H groups in total. The first kappa shape index (κ1) is 6.53. The summed E-state index contributed by atoms with van der Waals surface area (Å²) in [4.78, 5) is 9.58. The first-order valence-electron chi connectivity index (χ1n) is 2.18. The van der Waals surface area contributed by atoms with Gasteiger partial charge in [0.25, 0.3) is 5.69 Å². The molecule has 0 aliphatic carbocycles. The highest BCUT2D eigenvalue weighted by Crippen LogP contribution is 2.11. The van der Waals surface area contributed by atoms with Gasteiger partial charge in [0.2, 0.25) is 0 Å². The molecule has 1 aromatic rings. The molecule has 0 fully saturated rings. The molecule has 0 unspecified atom stereocenters. The minimum atomic E-state index is -0.421. The van der Waals surface area contributed by atoms with Crippen molar-refractivity contribution in [1.82, 2.24) is 2.78 Å².